The minimum atomic E-state index is -0.693. The molecule has 45 heavy (non-hydrogen) atoms. The van der Waals surface area contributed by atoms with Crippen LogP contribution in [0.1, 0.15) is 51.3 Å². The van der Waals surface area contributed by atoms with Gasteiger partial charge in [0.25, 0.3) is 0 Å². The number of carbonyl (C=O) groups excluding carboxylic acids is 1. The summed E-state index contributed by atoms with van der Waals surface area (Å²) in [5.74, 6) is -0.642. The molecule has 0 aromatic heterocycles. The molecule has 0 aliphatic carbocycles. The van der Waals surface area contributed by atoms with Gasteiger partial charge in [-0.2, -0.15) is 0 Å². The minimum absolute atomic E-state index is 0.230. The largest absolute Gasteiger partial charge is 0.457 e. The molecule has 0 radical (unpaired) electrons. The van der Waals surface area contributed by atoms with Crippen molar-refractivity contribution in [2.75, 3.05) is 0 Å². The van der Waals surface area contributed by atoms with Crippen molar-refractivity contribution >= 4 is 5.97 Å². The van der Waals surface area contributed by atoms with Gasteiger partial charge in [0.05, 0.1) is 44.2 Å². The summed E-state index contributed by atoms with van der Waals surface area (Å²) in [5, 5.41) is 0. The maximum Gasteiger partial charge on any atom is 0.303 e. The molecule has 8 nitrogen and oxygen atoms in total. The molecule has 3 aromatic rings. The molecule has 8 heteroatoms. The lowest BCUT2D eigenvalue weighted by molar-refractivity contribution is -0.335. The molecule has 0 saturated carbocycles. The number of ether oxygens (including phenoxy) is 7. The van der Waals surface area contributed by atoms with Crippen molar-refractivity contribution < 1.29 is 38.0 Å². The lowest BCUT2D eigenvalue weighted by Crippen LogP contribution is -2.62. The van der Waals surface area contributed by atoms with Gasteiger partial charge in [0, 0.05) is 12.8 Å². The zero-order chi connectivity index (χ0) is 31.8. The first-order valence-corrected chi connectivity index (χ1v) is 15.9. The van der Waals surface area contributed by atoms with Crippen LogP contribution in [0.15, 0.2) is 91.0 Å². The van der Waals surface area contributed by atoms with Gasteiger partial charge in [-0.05, 0) is 37.5 Å². The first kappa shape index (κ1) is 33.3. The van der Waals surface area contributed by atoms with Gasteiger partial charge in [0.15, 0.2) is 12.4 Å². The van der Waals surface area contributed by atoms with Crippen molar-refractivity contribution in [2.45, 2.75) is 110 Å². The molecule has 2 fully saturated rings. The Morgan fingerprint density at radius 3 is 1.42 bits per heavy atom. The number of esters is 1. The molecule has 2 saturated heterocycles. The molecule has 2 aliphatic heterocycles. The summed E-state index contributed by atoms with van der Waals surface area (Å²) in [6.45, 7) is 10.5. The predicted octanol–water partition coefficient (Wildman–Crippen LogP) is 6.25. The Hall–Kier alpha value is -3.11. The highest BCUT2D eigenvalue weighted by atomic mass is 16.7. The number of benzene rings is 3. The van der Waals surface area contributed by atoms with E-state index >= 15 is 0 Å². The number of carbonyl (C=O) groups is 1. The van der Waals surface area contributed by atoms with Crippen LogP contribution in [0.2, 0.25) is 0 Å². The van der Waals surface area contributed by atoms with E-state index in [9.17, 15) is 4.79 Å². The van der Waals surface area contributed by atoms with E-state index in [0.29, 0.717) is 19.8 Å². The van der Waals surface area contributed by atoms with Gasteiger partial charge in [0.2, 0.25) is 0 Å². The van der Waals surface area contributed by atoms with E-state index in [0.717, 1.165) is 16.7 Å². The molecule has 2 heterocycles. The lowest BCUT2D eigenvalue weighted by atomic mass is 9.91. The molecule has 0 N–H and O–H groups in total. The van der Waals surface area contributed by atoms with Gasteiger partial charge in [0.1, 0.15) is 18.3 Å². The molecule has 2 aliphatic rings. The van der Waals surface area contributed by atoms with Gasteiger partial charge in [-0.15, -0.1) is 0 Å². The SMILES string of the molecule is CC(=O)OC1C(C)OC(C)[C@H](OCc2ccccc2)[C@@H]1O[C@@H]1OC(C)[C@H](OCc2ccccc2)[C@H](OCc2ccccc2)C1C. The molecular weight excluding hydrogens is 572 g/mol. The lowest BCUT2D eigenvalue weighted by Gasteiger charge is -2.49. The summed E-state index contributed by atoms with van der Waals surface area (Å²) < 4.78 is 44.9. The van der Waals surface area contributed by atoms with Crippen molar-refractivity contribution in [3.8, 4) is 0 Å². The second-order valence-electron chi connectivity index (χ2n) is 12.1. The van der Waals surface area contributed by atoms with Crippen LogP contribution < -0.4 is 0 Å². The molecule has 3 aromatic carbocycles. The Balaban J connectivity index is 1.38. The van der Waals surface area contributed by atoms with Gasteiger partial charge < -0.3 is 33.2 Å². The van der Waals surface area contributed by atoms with Crippen molar-refractivity contribution in [1.29, 1.82) is 0 Å². The zero-order valence-corrected chi connectivity index (χ0v) is 26.8. The molecule has 0 amide bonds. The third-order valence-corrected chi connectivity index (χ3v) is 8.53. The van der Waals surface area contributed by atoms with E-state index in [1.54, 1.807) is 0 Å². The Labute approximate surface area is 266 Å². The van der Waals surface area contributed by atoms with Crippen LogP contribution in [0.4, 0.5) is 0 Å². The first-order valence-electron chi connectivity index (χ1n) is 15.9. The molecular formula is C37H46O8. The van der Waals surface area contributed by atoms with E-state index in [-0.39, 0.29) is 30.3 Å². The standard InChI is InChI=1S/C37H46O8/c1-24-32(39-21-29-15-9-6-10-16-29)33(40-22-30-17-11-7-12-18-30)26(3)43-37(24)45-36-34(41-23-31-19-13-8-14-20-31)25(2)42-27(4)35(36)44-28(5)38/h6-20,24-27,32-37H,21-23H2,1-5H3/t24?,25?,26?,27?,32-,33+,34+,35?,36+,37+/m1/s1. The van der Waals surface area contributed by atoms with Crippen molar-refractivity contribution in [1.82, 2.24) is 0 Å². The summed E-state index contributed by atoms with van der Waals surface area (Å²) >= 11 is 0. The van der Waals surface area contributed by atoms with Crippen LogP contribution in [0.25, 0.3) is 0 Å². The maximum absolute atomic E-state index is 12.2. The topological polar surface area (TPSA) is 81.7 Å². The summed E-state index contributed by atoms with van der Waals surface area (Å²) in [6, 6.07) is 30.1. The fraction of sp³-hybridized carbons (Fsp3) is 0.486. The highest BCUT2D eigenvalue weighted by molar-refractivity contribution is 5.66. The van der Waals surface area contributed by atoms with Crippen LogP contribution in [-0.4, -0.2) is 61.1 Å². The quantitative estimate of drug-likeness (QED) is 0.221. The van der Waals surface area contributed by atoms with E-state index < -0.39 is 36.7 Å². The van der Waals surface area contributed by atoms with E-state index in [4.69, 9.17) is 33.2 Å². The summed E-state index contributed by atoms with van der Waals surface area (Å²) in [4.78, 5) is 12.2. The van der Waals surface area contributed by atoms with Crippen LogP contribution in [-0.2, 0) is 57.8 Å². The second kappa shape index (κ2) is 15.9. The zero-order valence-electron chi connectivity index (χ0n) is 26.8. The van der Waals surface area contributed by atoms with Gasteiger partial charge >= 0.3 is 5.97 Å². The molecule has 0 spiro atoms. The monoisotopic (exact) mass is 618 g/mol. The van der Waals surface area contributed by atoms with E-state index in [1.165, 1.54) is 6.92 Å². The van der Waals surface area contributed by atoms with Gasteiger partial charge in [-0.1, -0.05) is 97.9 Å². The minimum Gasteiger partial charge on any atom is -0.457 e. The number of rotatable bonds is 12. The summed E-state index contributed by atoms with van der Waals surface area (Å²) in [5.41, 5.74) is 3.17. The van der Waals surface area contributed by atoms with Crippen molar-refractivity contribution in [3.63, 3.8) is 0 Å². The smallest absolute Gasteiger partial charge is 0.303 e. The van der Waals surface area contributed by atoms with Crippen molar-refractivity contribution in [3.05, 3.63) is 108 Å². The fourth-order valence-corrected chi connectivity index (χ4v) is 6.18. The predicted molar refractivity (Wildman–Crippen MR) is 169 cm³/mol. The molecule has 5 rings (SSSR count). The van der Waals surface area contributed by atoms with Crippen molar-refractivity contribution in [2.24, 2.45) is 5.92 Å². The van der Waals surface area contributed by atoms with Gasteiger partial charge in [-0.3, -0.25) is 4.79 Å². The molecule has 5 unspecified atom stereocenters. The number of hydrogen-bond acceptors (Lipinski definition) is 8. The Morgan fingerprint density at radius 2 is 0.956 bits per heavy atom. The number of hydrogen-bond donors (Lipinski definition) is 0. The normalized spacial score (nSPS) is 31.8. The summed E-state index contributed by atoms with van der Waals surface area (Å²) in [7, 11) is 0. The Morgan fingerprint density at radius 1 is 0.556 bits per heavy atom. The van der Waals surface area contributed by atoms with Crippen LogP contribution in [0.3, 0.4) is 0 Å². The highest BCUT2D eigenvalue weighted by Crippen LogP contribution is 2.36. The van der Waals surface area contributed by atoms with Gasteiger partial charge in [-0.25, -0.2) is 0 Å². The third kappa shape index (κ3) is 8.79. The molecule has 0 bridgehead atoms. The fourth-order valence-electron chi connectivity index (χ4n) is 6.18. The van der Waals surface area contributed by atoms with Crippen LogP contribution >= 0.6 is 0 Å². The third-order valence-electron chi connectivity index (χ3n) is 8.53. The molecule has 10 atom stereocenters. The summed E-state index contributed by atoms with van der Waals surface area (Å²) in [6.07, 6.45) is -4.29. The van der Waals surface area contributed by atoms with E-state index in [1.807, 2.05) is 112 Å². The average Bonchev–Trinajstić information content (AvgIpc) is 3.04. The molecule has 242 valence electrons. The Bertz CT molecular complexity index is 1310. The average molecular weight is 619 g/mol. The van der Waals surface area contributed by atoms with Crippen LogP contribution in [0, 0.1) is 5.92 Å². The second-order valence-corrected chi connectivity index (χ2v) is 12.1. The van der Waals surface area contributed by atoms with E-state index in [2.05, 4.69) is 6.92 Å². The highest BCUT2D eigenvalue weighted by Gasteiger charge is 2.51. The first-order chi connectivity index (χ1) is 21.8. The van der Waals surface area contributed by atoms with Crippen LogP contribution in [0.5, 0.6) is 0 Å². The Kier molecular flexibility index (Phi) is 11.8. The maximum atomic E-state index is 12.2.